The fourth-order valence-electron chi connectivity index (χ4n) is 9.05. The third-order valence-corrected chi connectivity index (χ3v) is 13.5. The number of nitrogens with zero attached hydrogens (tertiary/aromatic N) is 1. The second-order valence-electron chi connectivity index (χ2n) is 21.3. The number of hydrogen-bond acceptors (Lipinski definition) is 8. The van der Waals surface area contributed by atoms with E-state index in [9.17, 15) is 14.4 Å². The number of nitrogens with two attached hydrogens (primary N) is 1. The van der Waals surface area contributed by atoms with Gasteiger partial charge in [-0.05, 0) is 70.8 Å². The summed E-state index contributed by atoms with van der Waals surface area (Å²) in [5.41, 5.74) is 6.24. The molecule has 0 radical (unpaired) electrons. The lowest BCUT2D eigenvalue weighted by Gasteiger charge is -2.22. The smallest absolute Gasteiger partial charge is 0.323 e. The monoisotopic (exact) mass is 1070 g/mol. The number of likely N-dealkylation sites (tertiary alicyclic amines) is 1. The van der Waals surface area contributed by atoms with Crippen LogP contribution in [0.15, 0.2) is 0 Å². The molecular formula is C67H140N2O6. The minimum Gasteiger partial charge on any atom is -0.466 e. The second-order valence-corrected chi connectivity index (χ2v) is 21.3. The first-order valence-corrected chi connectivity index (χ1v) is 33.7. The second kappa shape index (κ2) is 74.4. The minimum absolute atomic E-state index is 0.0121. The van der Waals surface area contributed by atoms with Crippen molar-refractivity contribution in [2.24, 2.45) is 5.73 Å². The molecule has 75 heavy (non-hydrogen) atoms. The molecule has 0 spiro atoms. The third kappa shape index (κ3) is 68.4. The van der Waals surface area contributed by atoms with Crippen LogP contribution in [0.1, 0.15) is 373 Å². The largest absolute Gasteiger partial charge is 0.466 e. The first-order chi connectivity index (χ1) is 36.6. The molecule has 0 aromatic carbocycles. The van der Waals surface area contributed by atoms with E-state index in [4.69, 9.17) is 19.9 Å². The van der Waals surface area contributed by atoms with Crippen LogP contribution in [0.2, 0.25) is 0 Å². The Hall–Kier alpha value is -1.67. The van der Waals surface area contributed by atoms with Crippen LogP contribution in [-0.4, -0.2) is 67.3 Å². The predicted molar refractivity (Wildman–Crippen MR) is 332 cm³/mol. The summed E-state index contributed by atoms with van der Waals surface area (Å²) in [6.07, 6.45) is 51.5. The number of carbonyl (C=O) groups excluding carboxylic acids is 3. The number of rotatable bonds is 47. The van der Waals surface area contributed by atoms with Gasteiger partial charge in [-0.15, -0.1) is 0 Å². The van der Waals surface area contributed by atoms with Crippen LogP contribution in [0, 0.1) is 0 Å². The van der Waals surface area contributed by atoms with E-state index in [-0.39, 0.29) is 36.1 Å². The van der Waals surface area contributed by atoms with Gasteiger partial charge in [-0.2, -0.15) is 0 Å². The van der Waals surface area contributed by atoms with Gasteiger partial charge in [0.2, 0.25) is 0 Å². The molecule has 0 saturated carbocycles. The van der Waals surface area contributed by atoms with E-state index in [1.807, 2.05) is 27.7 Å². The fraction of sp³-hybridized carbons (Fsp3) is 0.955. The molecule has 1 aliphatic rings. The topological polar surface area (TPSA) is 108 Å². The molecule has 0 aromatic rings. The van der Waals surface area contributed by atoms with E-state index < -0.39 is 0 Å². The molecule has 1 rings (SSSR count). The van der Waals surface area contributed by atoms with Gasteiger partial charge in [0.05, 0.1) is 13.2 Å². The van der Waals surface area contributed by atoms with Crippen molar-refractivity contribution in [1.82, 2.24) is 4.90 Å². The summed E-state index contributed by atoms with van der Waals surface area (Å²) < 4.78 is 17.1. The molecule has 1 aliphatic heterocycles. The number of esters is 3. The Morgan fingerprint density at radius 2 is 0.733 bits per heavy atom. The van der Waals surface area contributed by atoms with Gasteiger partial charge < -0.3 is 19.9 Å². The average Bonchev–Trinajstić information content (AvgIpc) is 3.80. The molecule has 1 heterocycles. The van der Waals surface area contributed by atoms with Crippen LogP contribution in [0.5, 0.6) is 0 Å². The predicted octanol–water partition coefficient (Wildman–Crippen LogP) is 21.4. The maximum absolute atomic E-state index is 12.9. The zero-order valence-corrected chi connectivity index (χ0v) is 53.6. The van der Waals surface area contributed by atoms with E-state index in [2.05, 4.69) is 67.2 Å². The molecule has 0 bridgehead atoms. The lowest BCUT2D eigenvalue weighted by atomic mass is 10.0. The summed E-state index contributed by atoms with van der Waals surface area (Å²) in [5.74, 6) is -0.283. The third-order valence-electron chi connectivity index (χ3n) is 13.5. The Bertz CT molecular complexity index is 1050. The highest BCUT2D eigenvalue weighted by Gasteiger charge is 2.35. The summed E-state index contributed by atoms with van der Waals surface area (Å²) in [5, 5.41) is 0. The molecule has 0 aromatic heterocycles. The van der Waals surface area contributed by atoms with E-state index in [0.29, 0.717) is 39.0 Å². The standard InChI is InChI=1S/C46H88N2O6.C9H20.C5H12.C3H8.2C2H6/c1-4-7-10-13-15-16-17-22-30-37-52-44(49)34-28-24-29-36-48-40-41(47)39-43(48)46(51)53-38-31-23-18-21-27-35-45(50)54-42(32-25-19-12-9-6-3)33-26-20-14-11-8-5-2;1-3-5-7-9-8-6-4-2;1-3-5-4-2;1-3-2;2*1-2/h41-43H,4-40,47H2,1-3H3;3-9H2,1-2H3;3-5H2,1-2H3;3H2,1-2H3;2*1-2H3. The van der Waals surface area contributed by atoms with Gasteiger partial charge in [-0.3, -0.25) is 19.3 Å². The molecule has 0 amide bonds. The van der Waals surface area contributed by atoms with Crippen molar-refractivity contribution in [2.75, 3.05) is 26.3 Å². The van der Waals surface area contributed by atoms with Crippen molar-refractivity contribution in [3.8, 4) is 0 Å². The van der Waals surface area contributed by atoms with Crippen LogP contribution in [0.25, 0.3) is 0 Å². The van der Waals surface area contributed by atoms with Crippen LogP contribution >= 0.6 is 0 Å². The summed E-state index contributed by atoms with van der Waals surface area (Å²) >= 11 is 0. The van der Waals surface area contributed by atoms with Crippen molar-refractivity contribution in [2.45, 2.75) is 391 Å². The zero-order chi connectivity index (χ0) is 57.1. The summed E-state index contributed by atoms with van der Waals surface area (Å²) in [6.45, 7) is 30.4. The number of hydrogen-bond donors (Lipinski definition) is 1. The molecule has 0 aliphatic carbocycles. The Morgan fingerprint density at radius 3 is 1.12 bits per heavy atom. The van der Waals surface area contributed by atoms with E-state index in [0.717, 1.165) is 96.4 Å². The Morgan fingerprint density at radius 1 is 0.413 bits per heavy atom. The Balaban J connectivity index is -0.000000654. The first-order valence-electron chi connectivity index (χ1n) is 33.7. The molecule has 3 unspecified atom stereocenters. The Kier molecular flexibility index (Phi) is 81.5. The van der Waals surface area contributed by atoms with Gasteiger partial charge in [-0.1, -0.05) is 295 Å². The SMILES string of the molecule is CC.CC.CCC.CCCCC.CCCCCCCCC.CCCCCCCCCCCOC(=O)CCCCCN1CC(N)CC1C(=O)OCCCCCCCC(=O)OC(CCCCCCC)CCCCCCCC. The molecule has 454 valence electrons. The maximum atomic E-state index is 12.9. The fourth-order valence-corrected chi connectivity index (χ4v) is 9.05. The average molecular weight is 1070 g/mol. The lowest BCUT2D eigenvalue weighted by Crippen LogP contribution is -2.38. The van der Waals surface area contributed by atoms with Crippen molar-refractivity contribution in [3.05, 3.63) is 0 Å². The zero-order valence-electron chi connectivity index (χ0n) is 53.6. The van der Waals surface area contributed by atoms with Crippen molar-refractivity contribution in [3.63, 3.8) is 0 Å². The van der Waals surface area contributed by atoms with E-state index >= 15 is 0 Å². The van der Waals surface area contributed by atoms with Gasteiger partial charge in [0, 0.05) is 25.4 Å². The molecule has 1 saturated heterocycles. The van der Waals surface area contributed by atoms with Gasteiger partial charge >= 0.3 is 17.9 Å². The van der Waals surface area contributed by atoms with Gasteiger partial charge in [0.1, 0.15) is 12.1 Å². The van der Waals surface area contributed by atoms with Crippen molar-refractivity contribution in [1.29, 1.82) is 0 Å². The highest BCUT2D eigenvalue weighted by Crippen LogP contribution is 2.21. The van der Waals surface area contributed by atoms with Crippen LogP contribution < -0.4 is 5.73 Å². The minimum atomic E-state index is -0.270. The van der Waals surface area contributed by atoms with Crippen LogP contribution in [-0.2, 0) is 28.6 Å². The highest BCUT2D eigenvalue weighted by molar-refractivity contribution is 5.76. The normalized spacial score (nSPS) is 14.0. The maximum Gasteiger partial charge on any atom is 0.323 e. The lowest BCUT2D eigenvalue weighted by molar-refractivity contribution is -0.150. The molecule has 1 fully saturated rings. The highest BCUT2D eigenvalue weighted by atomic mass is 16.5. The first kappa shape index (κ1) is 82.2. The van der Waals surface area contributed by atoms with Crippen LogP contribution in [0.3, 0.4) is 0 Å². The molecular weight excluding hydrogens is 929 g/mol. The summed E-state index contributed by atoms with van der Waals surface area (Å²) in [4.78, 5) is 39.9. The van der Waals surface area contributed by atoms with Gasteiger partial charge in [0.15, 0.2) is 0 Å². The molecule has 3 atom stereocenters. The summed E-state index contributed by atoms with van der Waals surface area (Å²) in [6, 6.07) is -0.282. The van der Waals surface area contributed by atoms with Crippen LogP contribution in [0.4, 0.5) is 0 Å². The number of carbonyl (C=O) groups is 3. The number of unbranched alkanes of at least 4 members (excludes halogenated alkanes) is 31. The Labute approximate surface area is 472 Å². The quantitative estimate of drug-likeness (QED) is 0.0365. The summed E-state index contributed by atoms with van der Waals surface area (Å²) in [7, 11) is 0. The van der Waals surface area contributed by atoms with Crippen molar-refractivity contribution >= 4 is 17.9 Å². The molecule has 2 N–H and O–H groups in total. The van der Waals surface area contributed by atoms with Gasteiger partial charge in [0.25, 0.3) is 0 Å². The number of ether oxygens (including phenoxy) is 3. The van der Waals surface area contributed by atoms with Crippen molar-refractivity contribution < 1.29 is 28.6 Å². The van der Waals surface area contributed by atoms with Gasteiger partial charge in [-0.25, -0.2) is 0 Å². The van der Waals surface area contributed by atoms with E-state index in [1.165, 1.54) is 173 Å². The van der Waals surface area contributed by atoms with E-state index in [1.54, 1.807) is 0 Å². The molecule has 8 heteroatoms. The molecule has 8 nitrogen and oxygen atoms in total.